The average molecular weight is 417 g/mol. The topological polar surface area (TPSA) is 163 Å². The zero-order valence-electron chi connectivity index (χ0n) is 16.4. The van der Waals surface area contributed by atoms with Crippen molar-refractivity contribution >= 4 is 35.8 Å². The van der Waals surface area contributed by atoms with Gasteiger partial charge in [-0.2, -0.15) is 0 Å². The van der Waals surface area contributed by atoms with Gasteiger partial charge >= 0.3 is 29.8 Å². The molecule has 0 aromatic carbocycles. The quantitative estimate of drug-likeness (QED) is 0.400. The van der Waals surface area contributed by atoms with Crippen molar-refractivity contribution < 1.29 is 52.8 Å². The van der Waals surface area contributed by atoms with Crippen molar-refractivity contribution in [1.82, 2.24) is 4.90 Å². The van der Waals surface area contributed by atoms with Gasteiger partial charge in [0.1, 0.15) is 12.1 Å². The molecule has 0 spiro atoms. The molecule has 1 amide bonds. The minimum atomic E-state index is -2.12. The number of carbonyl (C=O) groups excluding carboxylic acids is 5. The monoisotopic (exact) mass is 417 g/mol. The molecule has 0 radical (unpaired) electrons. The molecule has 1 aliphatic heterocycles. The number of hydrogen-bond acceptors (Lipinski definition) is 10. The summed E-state index contributed by atoms with van der Waals surface area (Å²) in [5.74, 6) is -6.20. The summed E-state index contributed by atoms with van der Waals surface area (Å²) in [5, 5.41) is 9.33. The highest BCUT2D eigenvalue weighted by atomic mass is 16.6. The number of amides is 1. The van der Waals surface area contributed by atoms with Gasteiger partial charge in [-0.25, -0.2) is 9.59 Å². The highest BCUT2D eigenvalue weighted by molar-refractivity contribution is 5.93. The summed E-state index contributed by atoms with van der Waals surface area (Å²) in [7, 11) is 1.09. The van der Waals surface area contributed by atoms with Crippen LogP contribution in [0.25, 0.3) is 0 Å². The van der Waals surface area contributed by atoms with Crippen molar-refractivity contribution in [3.8, 4) is 0 Å². The van der Waals surface area contributed by atoms with E-state index in [1.807, 2.05) is 0 Å². The van der Waals surface area contributed by atoms with E-state index in [9.17, 15) is 33.9 Å². The highest BCUT2D eigenvalue weighted by Gasteiger charge is 2.46. The second-order valence-electron chi connectivity index (χ2n) is 6.22. The molecule has 1 aliphatic rings. The summed E-state index contributed by atoms with van der Waals surface area (Å²) < 4.78 is 19.2. The van der Waals surface area contributed by atoms with Crippen molar-refractivity contribution in [2.75, 3.05) is 13.7 Å². The molecule has 29 heavy (non-hydrogen) atoms. The predicted molar refractivity (Wildman–Crippen MR) is 91.0 cm³/mol. The van der Waals surface area contributed by atoms with Crippen LogP contribution in [-0.2, 0) is 47.7 Å². The molecule has 1 rings (SSSR count). The predicted octanol–water partition coefficient (Wildman–Crippen LogP) is -0.970. The maximum atomic E-state index is 13.0. The van der Waals surface area contributed by atoms with Crippen LogP contribution in [0, 0.1) is 0 Å². The van der Waals surface area contributed by atoms with Gasteiger partial charge in [-0.3, -0.25) is 19.2 Å². The Labute approximate surface area is 166 Å². The van der Waals surface area contributed by atoms with Gasteiger partial charge in [-0.15, -0.1) is 0 Å². The van der Waals surface area contributed by atoms with Crippen molar-refractivity contribution in [3.05, 3.63) is 0 Å². The number of rotatable bonds is 7. The summed E-state index contributed by atoms with van der Waals surface area (Å²) >= 11 is 0. The Kier molecular flexibility index (Phi) is 8.55. The molecule has 1 N–H and O–H groups in total. The number of carbonyl (C=O) groups is 6. The first-order valence-electron chi connectivity index (χ1n) is 8.60. The van der Waals surface area contributed by atoms with Gasteiger partial charge in [0, 0.05) is 40.2 Å². The maximum absolute atomic E-state index is 13.0. The number of piperidine rings is 1. The molecule has 1 heterocycles. The minimum absolute atomic E-state index is 0.101. The van der Waals surface area contributed by atoms with Gasteiger partial charge in [0.2, 0.25) is 12.2 Å². The number of esters is 4. The van der Waals surface area contributed by atoms with Crippen LogP contribution in [0.5, 0.6) is 0 Å². The third-order valence-electron chi connectivity index (χ3n) is 3.99. The lowest BCUT2D eigenvalue weighted by atomic mass is 9.97. The summed E-state index contributed by atoms with van der Waals surface area (Å²) in [6, 6.07) is -1.23. The van der Waals surface area contributed by atoms with Crippen LogP contribution in [0.15, 0.2) is 0 Å². The molecule has 162 valence electrons. The van der Waals surface area contributed by atoms with E-state index in [-0.39, 0.29) is 19.4 Å². The van der Waals surface area contributed by atoms with E-state index in [4.69, 9.17) is 9.47 Å². The number of aliphatic carboxylic acids is 1. The molecule has 0 bridgehead atoms. The standard InChI is InChI=1S/C17H23NO11/c1-8(19)27-11-5-6-18(12(7-11)17(25)26-4)15(22)13(28-9(2)20)14(16(23)24)29-10(3)21/h11-14H,5-7H2,1-4H3,(H,23,24)/t11-,12+,13+,14+/m0/s1. The normalized spacial score (nSPS) is 20.6. The van der Waals surface area contributed by atoms with Crippen LogP contribution < -0.4 is 0 Å². The molecule has 0 aromatic heterocycles. The Morgan fingerprint density at radius 3 is 1.93 bits per heavy atom. The summed E-state index contributed by atoms with van der Waals surface area (Å²) in [6.45, 7) is 2.93. The van der Waals surface area contributed by atoms with Crippen LogP contribution in [0.4, 0.5) is 0 Å². The van der Waals surface area contributed by atoms with Gasteiger partial charge in [-0.05, 0) is 0 Å². The Bertz CT molecular complexity index is 689. The number of methoxy groups -OCH3 is 1. The van der Waals surface area contributed by atoms with E-state index >= 15 is 0 Å². The Hall–Kier alpha value is -3.18. The first-order chi connectivity index (χ1) is 13.5. The second kappa shape index (κ2) is 10.4. The van der Waals surface area contributed by atoms with Gasteiger partial charge in [-0.1, -0.05) is 0 Å². The van der Waals surface area contributed by atoms with Crippen LogP contribution >= 0.6 is 0 Å². The molecule has 4 atom stereocenters. The lowest BCUT2D eigenvalue weighted by molar-refractivity contribution is -0.186. The Morgan fingerprint density at radius 2 is 1.48 bits per heavy atom. The van der Waals surface area contributed by atoms with Crippen molar-refractivity contribution in [1.29, 1.82) is 0 Å². The SMILES string of the molecule is COC(=O)[C@H]1C[C@@H](OC(C)=O)CCN1C(=O)[C@H](OC(C)=O)[C@@H](OC(C)=O)C(=O)O. The van der Waals surface area contributed by atoms with E-state index < -0.39 is 60.1 Å². The lowest BCUT2D eigenvalue weighted by Crippen LogP contribution is -2.58. The van der Waals surface area contributed by atoms with E-state index in [2.05, 4.69) is 9.47 Å². The van der Waals surface area contributed by atoms with Gasteiger partial charge in [0.15, 0.2) is 0 Å². The van der Waals surface area contributed by atoms with E-state index in [1.165, 1.54) is 6.92 Å². The smallest absolute Gasteiger partial charge is 0.349 e. The third kappa shape index (κ3) is 6.73. The zero-order valence-corrected chi connectivity index (χ0v) is 16.4. The zero-order chi connectivity index (χ0) is 22.3. The Balaban J connectivity index is 3.21. The highest BCUT2D eigenvalue weighted by Crippen LogP contribution is 2.24. The number of likely N-dealkylation sites (tertiary alicyclic amines) is 1. The third-order valence-corrected chi connectivity index (χ3v) is 3.99. The van der Waals surface area contributed by atoms with Gasteiger partial charge < -0.3 is 29.0 Å². The number of nitrogens with zero attached hydrogens (tertiary/aromatic N) is 1. The minimum Gasteiger partial charge on any atom is -0.478 e. The van der Waals surface area contributed by atoms with E-state index in [0.717, 1.165) is 25.9 Å². The molecule has 1 saturated heterocycles. The van der Waals surface area contributed by atoms with Gasteiger partial charge in [0.05, 0.1) is 7.11 Å². The molecule has 12 heteroatoms. The van der Waals surface area contributed by atoms with Crippen molar-refractivity contribution in [2.24, 2.45) is 0 Å². The number of carboxylic acids is 1. The average Bonchev–Trinajstić information content (AvgIpc) is 2.62. The van der Waals surface area contributed by atoms with Crippen LogP contribution in [0.2, 0.25) is 0 Å². The van der Waals surface area contributed by atoms with Crippen LogP contribution in [-0.4, -0.2) is 83.8 Å². The summed E-state index contributed by atoms with van der Waals surface area (Å²) in [4.78, 5) is 71.5. The fourth-order valence-electron chi connectivity index (χ4n) is 2.90. The first-order valence-corrected chi connectivity index (χ1v) is 8.60. The molecule has 0 unspecified atom stereocenters. The Morgan fingerprint density at radius 1 is 0.931 bits per heavy atom. The molecular formula is C17H23NO11. The van der Waals surface area contributed by atoms with Gasteiger partial charge in [0.25, 0.3) is 5.91 Å². The largest absolute Gasteiger partial charge is 0.478 e. The van der Waals surface area contributed by atoms with Crippen LogP contribution in [0.3, 0.4) is 0 Å². The lowest BCUT2D eigenvalue weighted by Gasteiger charge is -2.39. The molecule has 0 aliphatic carbocycles. The molecular weight excluding hydrogens is 394 g/mol. The summed E-state index contributed by atoms with van der Waals surface area (Å²) in [5.41, 5.74) is 0. The number of ether oxygens (including phenoxy) is 4. The molecule has 12 nitrogen and oxygen atoms in total. The molecule has 0 aromatic rings. The molecule has 0 saturated carbocycles. The van der Waals surface area contributed by atoms with Crippen molar-refractivity contribution in [2.45, 2.75) is 58.0 Å². The number of hydrogen-bond donors (Lipinski definition) is 1. The van der Waals surface area contributed by atoms with E-state index in [0.29, 0.717) is 0 Å². The summed E-state index contributed by atoms with van der Waals surface area (Å²) in [6.07, 6.45) is -4.76. The fraction of sp³-hybridized carbons (Fsp3) is 0.647. The first kappa shape index (κ1) is 23.9. The van der Waals surface area contributed by atoms with Crippen LogP contribution in [0.1, 0.15) is 33.6 Å². The van der Waals surface area contributed by atoms with Crippen molar-refractivity contribution in [3.63, 3.8) is 0 Å². The fourth-order valence-corrected chi connectivity index (χ4v) is 2.90. The van der Waals surface area contributed by atoms with E-state index in [1.54, 1.807) is 0 Å². The second-order valence-corrected chi connectivity index (χ2v) is 6.22. The maximum Gasteiger partial charge on any atom is 0.349 e. The number of carboxylic acid groups (broad SMARTS) is 1. The molecule has 1 fully saturated rings.